The van der Waals surface area contributed by atoms with E-state index in [0.717, 1.165) is 6.07 Å². The Kier molecular flexibility index (Phi) is 2.93. The molecule has 0 saturated carbocycles. The standard InChI is InChI=1S/C10H11F2N3O2/c11-10(12)8-3-7(15(16)17)1-2-9(8)14-4-6(13)5-14/h1-3,6,10H,4-5,13H2. The monoisotopic (exact) mass is 243 g/mol. The van der Waals surface area contributed by atoms with Crippen LogP contribution in [0.5, 0.6) is 0 Å². The minimum absolute atomic E-state index is 0.0179. The molecule has 1 aliphatic heterocycles. The zero-order valence-corrected chi connectivity index (χ0v) is 8.85. The van der Waals surface area contributed by atoms with Gasteiger partial charge in [0.15, 0.2) is 0 Å². The Morgan fingerprint density at radius 3 is 2.59 bits per heavy atom. The van der Waals surface area contributed by atoms with Gasteiger partial charge in [-0.2, -0.15) is 0 Å². The summed E-state index contributed by atoms with van der Waals surface area (Å²) in [5.74, 6) is 0. The molecular weight excluding hydrogens is 232 g/mol. The van der Waals surface area contributed by atoms with E-state index in [4.69, 9.17) is 5.73 Å². The van der Waals surface area contributed by atoms with Crippen LogP contribution in [-0.4, -0.2) is 24.1 Å². The summed E-state index contributed by atoms with van der Waals surface area (Å²) in [6, 6.07) is 3.48. The van der Waals surface area contributed by atoms with Crippen molar-refractivity contribution in [2.75, 3.05) is 18.0 Å². The number of hydrogen-bond donors (Lipinski definition) is 1. The third-order valence-corrected chi connectivity index (χ3v) is 2.71. The van der Waals surface area contributed by atoms with E-state index < -0.39 is 11.3 Å². The van der Waals surface area contributed by atoms with Crippen LogP contribution in [0.3, 0.4) is 0 Å². The van der Waals surface area contributed by atoms with Crippen molar-refractivity contribution in [1.29, 1.82) is 0 Å². The molecule has 0 spiro atoms. The predicted octanol–water partition coefficient (Wildman–Crippen LogP) is 1.68. The lowest BCUT2D eigenvalue weighted by molar-refractivity contribution is -0.385. The van der Waals surface area contributed by atoms with Crippen molar-refractivity contribution in [3.8, 4) is 0 Å². The Hall–Kier alpha value is -1.76. The van der Waals surface area contributed by atoms with Gasteiger partial charge in [-0.1, -0.05) is 0 Å². The number of rotatable bonds is 3. The normalized spacial score (nSPS) is 16.1. The zero-order chi connectivity index (χ0) is 12.6. The van der Waals surface area contributed by atoms with Crippen molar-refractivity contribution < 1.29 is 13.7 Å². The van der Waals surface area contributed by atoms with Crippen LogP contribution in [0.25, 0.3) is 0 Å². The van der Waals surface area contributed by atoms with Gasteiger partial charge in [0.1, 0.15) is 0 Å². The maximum absolute atomic E-state index is 12.8. The van der Waals surface area contributed by atoms with E-state index in [2.05, 4.69) is 0 Å². The third kappa shape index (κ3) is 2.19. The smallest absolute Gasteiger partial charge is 0.270 e. The SMILES string of the molecule is NC1CN(c2ccc([N+](=O)[O-])cc2C(F)F)C1. The van der Waals surface area contributed by atoms with Crippen LogP contribution in [0.15, 0.2) is 18.2 Å². The summed E-state index contributed by atoms with van der Waals surface area (Å²) in [5, 5.41) is 10.5. The van der Waals surface area contributed by atoms with Gasteiger partial charge in [-0.25, -0.2) is 8.78 Å². The number of halogens is 2. The van der Waals surface area contributed by atoms with Gasteiger partial charge in [0, 0.05) is 42.5 Å². The summed E-state index contributed by atoms with van der Waals surface area (Å²) in [6.45, 7) is 0.995. The molecule has 0 unspecified atom stereocenters. The number of nitro groups is 1. The van der Waals surface area contributed by atoms with Gasteiger partial charge in [-0.15, -0.1) is 0 Å². The molecule has 1 aromatic carbocycles. The van der Waals surface area contributed by atoms with E-state index in [1.54, 1.807) is 4.90 Å². The third-order valence-electron chi connectivity index (χ3n) is 2.71. The quantitative estimate of drug-likeness (QED) is 0.647. The number of hydrogen-bond acceptors (Lipinski definition) is 4. The van der Waals surface area contributed by atoms with Crippen molar-refractivity contribution in [3.63, 3.8) is 0 Å². The van der Waals surface area contributed by atoms with Crippen LogP contribution in [0.1, 0.15) is 12.0 Å². The second-order valence-electron chi connectivity index (χ2n) is 3.97. The molecule has 1 fully saturated rings. The number of anilines is 1. The van der Waals surface area contributed by atoms with Gasteiger partial charge < -0.3 is 10.6 Å². The van der Waals surface area contributed by atoms with Crippen molar-refractivity contribution in [3.05, 3.63) is 33.9 Å². The first kappa shape index (κ1) is 11.7. The topological polar surface area (TPSA) is 72.4 Å². The van der Waals surface area contributed by atoms with Crippen LogP contribution >= 0.6 is 0 Å². The molecule has 0 atom stereocenters. The minimum Gasteiger partial charge on any atom is -0.368 e. The Morgan fingerprint density at radius 1 is 1.47 bits per heavy atom. The number of nitrogens with zero attached hydrogens (tertiary/aromatic N) is 2. The van der Waals surface area contributed by atoms with Gasteiger partial charge in [-0.3, -0.25) is 10.1 Å². The summed E-state index contributed by atoms with van der Waals surface area (Å²) < 4.78 is 25.6. The molecule has 1 aromatic rings. The number of alkyl halides is 2. The highest BCUT2D eigenvalue weighted by Crippen LogP contribution is 2.34. The van der Waals surface area contributed by atoms with Gasteiger partial charge in [0.2, 0.25) is 0 Å². The molecule has 5 nitrogen and oxygen atoms in total. The molecule has 7 heteroatoms. The van der Waals surface area contributed by atoms with Crippen LogP contribution < -0.4 is 10.6 Å². The molecule has 0 aromatic heterocycles. The first-order chi connectivity index (χ1) is 7.99. The predicted molar refractivity (Wildman–Crippen MR) is 58.2 cm³/mol. The first-order valence-corrected chi connectivity index (χ1v) is 5.06. The lowest BCUT2D eigenvalue weighted by atomic mass is 10.0. The Labute approximate surface area is 96.0 Å². The van der Waals surface area contributed by atoms with Crippen LogP contribution in [0.4, 0.5) is 20.2 Å². The highest BCUT2D eigenvalue weighted by Gasteiger charge is 2.28. The first-order valence-electron chi connectivity index (χ1n) is 5.06. The average Bonchev–Trinajstić information content (AvgIpc) is 2.24. The Bertz CT molecular complexity index is 447. The molecule has 0 amide bonds. The largest absolute Gasteiger partial charge is 0.368 e. The van der Waals surface area contributed by atoms with Gasteiger partial charge in [0.05, 0.1) is 4.92 Å². The zero-order valence-electron chi connectivity index (χ0n) is 8.85. The summed E-state index contributed by atoms with van der Waals surface area (Å²) in [5.41, 5.74) is 5.26. The fourth-order valence-corrected chi connectivity index (χ4v) is 1.83. The fourth-order valence-electron chi connectivity index (χ4n) is 1.83. The molecule has 92 valence electrons. The fraction of sp³-hybridized carbons (Fsp3) is 0.400. The molecule has 1 aliphatic rings. The van der Waals surface area contributed by atoms with E-state index in [-0.39, 0.29) is 17.3 Å². The number of benzene rings is 1. The highest BCUT2D eigenvalue weighted by molar-refractivity contribution is 5.60. The lowest BCUT2D eigenvalue weighted by Crippen LogP contribution is -2.56. The summed E-state index contributed by atoms with van der Waals surface area (Å²) in [6.07, 6.45) is -2.73. The van der Waals surface area contributed by atoms with Crippen LogP contribution in [-0.2, 0) is 0 Å². The Morgan fingerprint density at radius 2 is 2.12 bits per heavy atom. The number of nitro benzene ring substituents is 1. The van der Waals surface area contributed by atoms with Crippen molar-refractivity contribution in [2.24, 2.45) is 5.73 Å². The van der Waals surface area contributed by atoms with Gasteiger partial charge >= 0.3 is 0 Å². The molecule has 0 aliphatic carbocycles. The molecule has 2 N–H and O–H groups in total. The molecule has 17 heavy (non-hydrogen) atoms. The van der Waals surface area contributed by atoms with E-state index in [0.29, 0.717) is 18.8 Å². The van der Waals surface area contributed by atoms with E-state index in [1.807, 2.05) is 0 Å². The van der Waals surface area contributed by atoms with Crippen molar-refractivity contribution >= 4 is 11.4 Å². The van der Waals surface area contributed by atoms with E-state index in [9.17, 15) is 18.9 Å². The van der Waals surface area contributed by atoms with Crippen LogP contribution in [0.2, 0.25) is 0 Å². The minimum atomic E-state index is -2.73. The maximum Gasteiger partial charge on any atom is 0.270 e. The lowest BCUT2D eigenvalue weighted by Gasteiger charge is -2.39. The highest BCUT2D eigenvalue weighted by atomic mass is 19.3. The second-order valence-corrected chi connectivity index (χ2v) is 3.97. The van der Waals surface area contributed by atoms with Gasteiger partial charge in [-0.05, 0) is 6.07 Å². The molecule has 1 saturated heterocycles. The van der Waals surface area contributed by atoms with Crippen molar-refractivity contribution in [1.82, 2.24) is 0 Å². The molecule has 0 radical (unpaired) electrons. The second kappa shape index (κ2) is 4.25. The molecular formula is C10H11F2N3O2. The van der Waals surface area contributed by atoms with E-state index >= 15 is 0 Å². The van der Waals surface area contributed by atoms with Crippen LogP contribution in [0, 0.1) is 10.1 Å². The Balaban J connectivity index is 2.35. The molecule has 1 heterocycles. The average molecular weight is 243 g/mol. The van der Waals surface area contributed by atoms with Gasteiger partial charge in [0.25, 0.3) is 12.1 Å². The molecule has 2 rings (SSSR count). The molecule has 0 bridgehead atoms. The maximum atomic E-state index is 12.8. The number of non-ortho nitro benzene ring substituents is 1. The summed E-state index contributed by atoms with van der Waals surface area (Å²) >= 11 is 0. The number of nitrogens with two attached hydrogens (primary N) is 1. The van der Waals surface area contributed by atoms with Crippen molar-refractivity contribution in [2.45, 2.75) is 12.5 Å². The summed E-state index contributed by atoms with van der Waals surface area (Å²) in [4.78, 5) is 11.5. The van der Waals surface area contributed by atoms with E-state index in [1.165, 1.54) is 12.1 Å². The summed E-state index contributed by atoms with van der Waals surface area (Å²) in [7, 11) is 0.